The lowest BCUT2D eigenvalue weighted by atomic mass is 10.1. The van der Waals surface area contributed by atoms with E-state index in [0.717, 1.165) is 62.3 Å². The fourth-order valence-corrected chi connectivity index (χ4v) is 4.88. The number of nitrogens with one attached hydrogen (secondary N) is 1. The third kappa shape index (κ3) is 2.79. The number of likely N-dealkylation sites (tertiary alicyclic amines) is 1. The van der Waals surface area contributed by atoms with Crippen LogP contribution in [-0.4, -0.2) is 49.4 Å². The minimum atomic E-state index is 0.0151. The summed E-state index contributed by atoms with van der Waals surface area (Å²) in [6.07, 6.45) is 3.70. The molecule has 3 aliphatic rings. The van der Waals surface area contributed by atoms with Gasteiger partial charge in [0.15, 0.2) is 5.65 Å². The molecular weight excluding hydrogens is 354 g/mol. The van der Waals surface area contributed by atoms with Gasteiger partial charge in [0.05, 0.1) is 17.4 Å². The van der Waals surface area contributed by atoms with Crippen molar-refractivity contribution >= 4 is 11.6 Å². The first kappa shape index (κ1) is 17.9. The van der Waals surface area contributed by atoms with Gasteiger partial charge < -0.3 is 4.90 Å². The lowest BCUT2D eigenvalue weighted by Gasteiger charge is -2.30. The highest BCUT2D eigenvalue weighted by molar-refractivity contribution is 5.82. The van der Waals surface area contributed by atoms with Gasteiger partial charge in [-0.25, -0.2) is 9.50 Å². The molecule has 0 spiro atoms. The smallest absolute Gasteiger partial charge is 0.276 e. The van der Waals surface area contributed by atoms with Crippen molar-refractivity contribution in [1.82, 2.24) is 24.4 Å². The highest BCUT2D eigenvalue weighted by Gasteiger charge is 2.44. The first-order valence-electron chi connectivity index (χ1n) is 10.6. The Hall–Kier alpha value is -2.15. The number of aromatic nitrogens is 3. The van der Waals surface area contributed by atoms with E-state index in [9.17, 15) is 9.59 Å². The number of nitrogens with zero attached hydrogens (tertiary/aromatic N) is 4. The van der Waals surface area contributed by atoms with E-state index in [2.05, 4.69) is 30.8 Å². The number of aromatic amines is 1. The van der Waals surface area contributed by atoms with E-state index in [1.54, 1.807) is 4.52 Å². The van der Waals surface area contributed by atoms with E-state index in [1.807, 2.05) is 11.0 Å². The number of fused-ring (bicyclic) bond motifs is 2. The monoisotopic (exact) mass is 383 g/mol. The molecule has 7 nitrogen and oxygen atoms in total. The molecule has 0 unspecified atom stereocenters. The van der Waals surface area contributed by atoms with Gasteiger partial charge in [0.25, 0.3) is 5.56 Å². The second kappa shape index (κ2) is 6.44. The second-order valence-corrected chi connectivity index (χ2v) is 9.07. The molecule has 0 aromatic carbocycles. The van der Waals surface area contributed by atoms with Crippen LogP contribution in [0.5, 0.6) is 0 Å². The third-order valence-corrected chi connectivity index (χ3v) is 6.87. The Morgan fingerprint density at radius 1 is 1.32 bits per heavy atom. The van der Waals surface area contributed by atoms with Crippen LogP contribution >= 0.6 is 0 Å². The molecule has 0 bridgehead atoms. The normalized spacial score (nSPS) is 27.6. The number of rotatable bonds is 3. The van der Waals surface area contributed by atoms with Gasteiger partial charge in [0.1, 0.15) is 0 Å². The highest BCUT2D eigenvalue weighted by Crippen LogP contribution is 2.43. The molecular formula is C21H29N5O2. The van der Waals surface area contributed by atoms with Crippen molar-refractivity contribution < 1.29 is 4.79 Å². The largest absolute Gasteiger partial charge is 0.334 e. The summed E-state index contributed by atoms with van der Waals surface area (Å²) in [5.74, 6) is 0.984. The fraction of sp³-hybridized carbons (Fsp3) is 0.667. The van der Waals surface area contributed by atoms with E-state index >= 15 is 0 Å². The van der Waals surface area contributed by atoms with Crippen molar-refractivity contribution in [3.8, 4) is 0 Å². The van der Waals surface area contributed by atoms with Crippen LogP contribution in [0.15, 0.2) is 10.9 Å². The summed E-state index contributed by atoms with van der Waals surface area (Å²) in [6, 6.07) is 2.45. The van der Waals surface area contributed by atoms with Crippen molar-refractivity contribution in [3.63, 3.8) is 0 Å². The van der Waals surface area contributed by atoms with Crippen molar-refractivity contribution in [1.29, 1.82) is 0 Å². The lowest BCUT2D eigenvalue weighted by molar-refractivity contribution is -0.133. The molecule has 2 aromatic heterocycles. The van der Waals surface area contributed by atoms with Crippen molar-refractivity contribution in [2.75, 3.05) is 13.1 Å². The molecule has 3 atom stereocenters. The molecule has 150 valence electrons. The molecule has 1 saturated carbocycles. The number of amides is 1. The summed E-state index contributed by atoms with van der Waals surface area (Å²) in [4.78, 5) is 35.1. The summed E-state index contributed by atoms with van der Waals surface area (Å²) in [5.41, 5.74) is 3.35. The molecule has 2 aliphatic heterocycles. The van der Waals surface area contributed by atoms with E-state index < -0.39 is 0 Å². The number of carbonyl (C=O) groups excluding carboxylic acids is 1. The van der Waals surface area contributed by atoms with Gasteiger partial charge in [-0.2, -0.15) is 0 Å². The van der Waals surface area contributed by atoms with E-state index in [1.165, 1.54) is 0 Å². The first-order valence-corrected chi connectivity index (χ1v) is 10.6. The zero-order valence-corrected chi connectivity index (χ0v) is 16.9. The van der Waals surface area contributed by atoms with Crippen molar-refractivity contribution in [2.45, 2.75) is 65.1 Å². The van der Waals surface area contributed by atoms with Crippen LogP contribution < -0.4 is 5.56 Å². The van der Waals surface area contributed by atoms with E-state index in [0.29, 0.717) is 17.6 Å². The van der Waals surface area contributed by atoms with Crippen LogP contribution in [0.25, 0.3) is 5.65 Å². The Morgan fingerprint density at radius 2 is 2.11 bits per heavy atom. The van der Waals surface area contributed by atoms with Crippen molar-refractivity contribution in [2.24, 2.45) is 11.8 Å². The third-order valence-electron chi connectivity index (χ3n) is 6.87. The van der Waals surface area contributed by atoms with E-state index in [-0.39, 0.29) is 23.4 Å². The molecule has 1 aliphatic carbocycles. The maximum Gasteiger partial charge on any atom is 0.276 e. The minimum Gasteiger partial charge on any atom is -0.334 e. The molecule has 2 aromatic rings. The molecule has 7 heteroatoms. The molecule has 28 heavy (non-hydrogen) atoms. The second-order valence-electron chi connectivity index (χ2n) is 9.07. The fourth-order valence-electron chi connectivity index (χ4n) is 4.88. The predicted molar refractivity (Wildman–Crippen MR) is 106 cm³/mol. The molecule has 0 radical (unpaired) electrons. The van der Waals surface area contributed by atoms with Crippen LogP contribution in [-0.2, 0) is 17.8 Å². The van der Waals surface area contributed by atoms with Gasteiger partial charge in [-0.15, -0.1) is 0 Å². The molecule has 5 rings (SSSR count). The Balaban J connectivity index is 1.49. The topological polar surface area (TPSA) is 73.7 Å². The van der Waals surface area contributed by atoms with Gasteiger partial charge >= 0.3 is 0 Å². The SMILES string of the molecule is CC(C)N1CCc2c(nc3cc([C@@H]4CCCN4C(=O)[C@H]4C[C@H]4C)[nH]n3c2=O)C1. The van der Waals surface area contributed by atoms with Crippen molar-refractivity contribution in [3.05, 3.63) is 33.4 Å². The van der Waals surface area contributed by atoms with Crippen LogP contribution in [0.3, 0.4) is 0 Å². The quantitative estimate of drug-likeness (QED) is 0.881. The lowest BCUT2D eigenvalue weighted by Crippen LogP contribution is -2.39. The number of hydrogen-bond donors (Lipinski definition) is 1. The maximum absolute atomic E-state index is 13.0. The Morgan fingerprint density at radius 3 is 2.82 bits per heavy atom. The summed E-state index contributed by atoms with van der Waals surface area (Å²) in [5, 5.41) is 3.28. The molecule has 4 heterocycles. The molecule has 1 saturated heterocycles. The molecule has 1 amide bonds. The highest BCUT2D eigenvalue weighted by atomic mass is 16.2. The molecule has 1 N–H and O–H groups in total. The van der Waals surface area contributed by atoms with Gasteiger partial charge in [-0.1, -0.05) is 6.92 Å². The standard InChI is InChI=1S/C21H29N5O2/c1-12(2)24-8-6-14-17(11-24)22-19-10-16(23-26(19)21(14)28)18-5-4-7-25(18)20(27)15-9-13(15)3/h10,12-13,15,18,23H,4-9,11H2,1-3H3/t13-,15+,18+/m1/s1. The first-order chi connectivity index (χ1) is 13.4. The Labute approximate surface area is 164 Å². The van der Waals surface area contributed by atoms with Crippen LogP contribution in [0.4, 0.5) is 0 Å². The Kier molecular flexibility index (Phi) is 4.12. The minimum absolute atomic E-state index is 0.0151. The number of H-pyrrole nitrogens is 1. The zero-order chi connectivity index (χ0) is 19.6. The van der Waals surface area contributed by atoms with Crippen LogP contribution in [0, 0.1) is 11.8 Å². The average Bonchev–Trinajstić information content (AvgIpc) is 3.08. The maximum atomic E-state index is 13.0. The van der Waals surface area contributed by atoms with Gasteiger partial charge in [-0.05, 0) is 45.4 Å². The zero-order valence-electron chi connectivity index (χ0n) is 16.9. The summed E-state index contributed by atoms with van der Waals surface area (Å²) in [6.45, 7) is 8.93. The Bertz CT molecular complexity index is 991. The van der Waals surface area contributed by atoms with Gasteiger partial charge in [0, 0.05) is 43.2 Å². The number of carbonyl (C=O) groups is 1. The summed E-state index contributed by atoms with van der Waals surface area (Å²) in [7, 11) is 0. The average molecular weight is 383 g/mol. The van der Waals surface area contributed by atoms with Crippen LogP contribution in [0.2, 0.25) is 0 Å². The van der Waals surface area contributed by atoms with Gasteiger partial charge in [-0.3, -0.25) is 19.6 Å². The van der Waals surface area contributed by atoms with Crippen LogP contribution in [0.1, 0.15) is 63.0 Å². The number of hydrogen-bond acceptors (Lipinski definition) is 4. The van der Waals surface area contributed by atoms with Gasteiger partial charge in [0.2, 0.25) is 5.91 Å². The predicted octanol–water partition coefficient (Wildman–Crippen LogP) is 2.11. The summed E-state index contributed by atoms with van der Waals surface area (Å²) < 4.78 is 1.58. The van der Waals surface area contributed by atoms with E-state index in [4.69, 9.17) is 4.98 Å². The summed E-state index contributed by atoms with van der Waals surface area (Å²) >= 11 is 0. The molecule has 2 fully saturated rings.